The topological polar surface area (TPSA) is 96.8 Å². The molecule has 2 fully saturated rings. The summed E-state index contributed by atoms with van der Waals surface area (Å²) in [6, 6.07) is 4.84. The van der Waals surface area contributed by atoms with Gasteiger partial charge in [0.25, 0.3) is 0 Å². The Morgan fingerprint density at radius 3 is 2.80 bits per heavy atom. The average molecular weight is 473 g/mol. The Bertz CT molecular complexity index is 1350. The van der Waals surface area contributed by atoms with E-state index in [2.05, 4.69) is 57.8 Å². The predicted octanol–water partition coefficient (Wildman–Crippen LogP) is 3.65. The van der Waals surface area contributed by atoms with Crippen LogP contribution in [0, 0.1) is 13.8 Å². The molecule has 35 heavy (non-hydrogen) atoms. The van der Waals surface area contributed by atoms with Crippen LogP contribution in [-0.4, -0.2) is 68.6 Å². The van der Waals surface area contributed by atoms with Crippen LogP contribution < -0.4 is 10.2 Å². The number of anilines is 1. The quantitative estimate of drug-likeness (QED) is 0.468. The van der Waals surface area contributed by atoms with Crippen molar-refractivity contribution in [2.24, 2.45) is 0 Å². The molecular formula is C26H32N8O. The van der Waals surface area contributed by atoms with Crippen LogP contribution in [0.4, 0.5) is 5.82 Å². The van der Waals surface area contributed by atoms with E-state index in [-0.39, 0.29) is 6.04 Å². The van der Waals surface area contributed by atoms with E-state index in [1.807, 2.05) is 18.6 Å². The van der Waals surface area contributed by atoms with Gasteiger partial charge in [0.1, 0.15) is 5.82 Å². The summed E-state index contributed by atoms with van der Waals surface area (Å²) in [5, 5.41) is 9.51. The van der Waals surface area contributed by atoms with Gasteiger partial charge in [-0.2, -0.15) is 5.10 Å². The van der Waals surface area contributed by atoms with Crippen LogP contribution in [-0.2, 0) is 4.74 Å². The number of nitrogens with zero attached hydrogens (tertiary/aromatic N) is 6. The number of aromatic nitrogens is 6. The molecule has 9 nitrogen and oxygen atoms in total. The fourth-order valence-corrected chi connectivity index (χ4v) is 5.50. The number of hydrogen-bond acceptors (Lipinski definition) is 7. The summed E-state index contributed by atoms with van der Waals surface area (Å²) in [5.74, 6) is 1.60. The first-order chi connectivity index (χ1) is 17.1. The Morgan fingerprint density at radius 1 is 1.11 bits per heavy atom. The van der Waals surface area contributed by atoms with Gasteiger partial charge in [-0.05, 0) is 52.8 Å². The molecule has 0 amide bonds. The Labute approximate surface area is 204 Å². The number of aryl methyl sites for hydroxylation is 1. The molecule has 4 aromatic rings. The molecule has 4 aromatic heterocycles. The first-order valence-electron chi connectivity index (χ1n) is 12.5. The summed E-state index contributed by atoms with van der Waals surface area (Å²) < 4.78 is 7.92. The number of ether oxygens (including phenoxy) is 1. The molecule has 6 rings (SSSR count). The summed E-state index contributed by atoms with van der Waals surface area (Å²) >= 11 is 0. The van der Waals surface area contributed by atoms with E-state index < -0.39 is 0 Å². The van der Waals surface area contributed by atoms with Crippen molar-refractivity contribution in [1.29, 1.82) is 0 Å². The van der Waals surface area contributed by atoms with Crippen LogP contribution in [0.1, 0.15) is 37.2 Å². The Morgan fingerprint density at radius 2 is 1.97 bits per heavy atom. The summed E-state index contributed by atoms with van der Waals surface area (Å²) in [5.41, 5.74) is 6.08. The monoisotopic (exact) mass is 472 g/mol. The molecule has 2 aliphatic rings. The van der Waals surface area contributed by atoms with Gasteiger partial charge in [0.2, 0.25) is 0 Å². The molecule has 0 aromatic carbocycles. The molecule has 0 aliphatic carbocycles. The van der Waals surface area contributed by atoms with E-state index in [0.717, 1.165) is 77.4 Å². The Kier molecular flexibility index (Phi) is 5.74. The highest BCUT2D eigenvalue weighted by atomic mass is 16.5. The van der Waals surface area contributed by atoms with Crippen molar-refractivity contribution in [1.82, 2.24) is 35.0 Å². The highest BCUT2D eigenvalue weighted by Crippen LogP contribution is 2.34. The maximum atomic E-state index is 5.70. The van der Waals surface area contributed by atoms with Crippen molar-refractivity contribution in [2.75, 3.05) is 37.7 Å². The molecule has 2 aliphatic heterocycles. The molecule has 2 N–H and O–H groups in total. The van der Waals surface area contributed by atoms with E-state index in [1.54, 1.807) is 0 Å². The second-order valence-corrected chi connectivity index (χ2v) is 9.65. The maximum Gasteiger partial charge on any atom is 0.164 e. The van der Waals surface area contributed by atoms with Crippen LogP contribution in [0.3, 0.4) is 0 Å². The highest BCUT2D eigenvalue weighted by molar-refractivity contribution is 5.92. The number of H-pyrrole nitrogens is 1. The van der Waals surface area contributed by atoms with Gasteiger partial charge >= 0.3 is 0 Å². The largest absolute Gasteiger partial charge is 0.377 e. The lowest BCUT2D eigenvalue weighted by Gasteiger charge is -2.34. The minimum absolute atomic E-state index is 0.236. The third kappa shape index (κ3) is 3.98. The number of rotatable bonds is 4. The molecule has 6 heterocycles. The van der Waals surface area contributed by atoms with Crippen molar-refractivity contribution in [3.63, 3.8) is 0 Å². The first kappa shape index (κ1) is 22.2. The Balaban J connectivity index is 1.52. The number of nitrogens with one attached hydrogen (secondary N) is 2. The van der Waals surface area contributed by atoms with Gasteiger partial charge in [-0.1, -0.05) is 0 Å². The summed E-state index contributed by atoms with van der Waals surface area (Å²) in [6.45, 7) is 10.7. The van der Waals surface area contributed by atoms with Gasteiger partial charge in [-0.3, -0.25) is 9.67 Å². The normalized spacial score (nSPS) is 19.5. The second-order valence-electron chi connectivity index (χ2n) is 9.65. The minimum atomic E-state index is 0.236. The number of piperidine rings is 1. The first-order valence-corrected chi connectivity index (χ1v) is 12.5. The zero-order valence-corrected chi connectivity index (χ0v) is 20.6. The molecule has 9 heteroatoms. The van der Waals surface area contributed by atoms with E-state index in [0.29, 0.717) is 25.1 Å². The number of morpholine rings is 1. The number of aromatic amines is 1. The van der Waals surface area contributed by atoms with E-state index in [9.17, 15) is 0 Å². The molecule has 0 saturated carbocycles. The molecular weight excluding hydrogens is 440 g/mol. The molecule has 1 atom stereocenters. The zero-order chi connectivity index (χ0) is 23.9. The standard InChI is InChI=1S/C26H32N8O/c1-16-15-35-11-10-33(16)24-12-22(25-17(2)32-34(18(25)3)19-4-7-27-8-5-19)30-26(31-24)21-13-28-14-23-20(21)6-9-29-23/h6,9,12-14,16,19,27,29H,4-5,7-8,10-11,15H2,1-3H3/t16-/m1/s1. The van der Waals surface area contributed by atoms with E-state index in [1.165, 1.54) is 0 Å². The fraction of sp³-hybridized carbons (Fsp3) is 0.462. The summed E-state index contributed by atoms with van der Waals surface area (Å²) in [6.07, 6.45) is 7.81. The summed E-state index contributed by atoms with van der Waals surface area (Å²) in [7, 11) is 0. The van der Waals surface area contributed by atoms with Gasteiger partial charge in [-0.15, -0.1) is 0 Å². The highest BCUT2D eigenvalue weighted by Gasteiger charge is 2.26. The maximum absolute atomic E-state index is 5.70. The average Bonchev–Trinajstić information content (AvgIpc) is 3.48. The molecule has 2 saturated heterocycles. The lowest BCUT2D eigenvalue weighted by molar-refractivity contribution is 0.0985. The smallest absolute Gasteiger partial charge is 0.164 e. The molecule has 0 radical (unpaired) electrons. The number of pyridine rings is 1. The molecule has 0 bridgehead atoms. The van der Waals surface area contributed by atoms with E-state index in [4.69, 9.17) is 19.8 Å². The third-order valence-electron chi connectivity index (χ3n) is 7.33. The zero-order valence-electron chi connectivity index (χ0n) is 20.6. The van der Waals surface area contributed by atoms with Crippen LogP contribution in [0.15, 0.2) is 30.7 Å². The van der Waals surface area contributed by atoms with Crippen LogP contribution >= 0.6 is 0 Å². The van der Waals surface area contributed by atoms with Gasteiger partial charge in [0, 0.05) is 47.2 Å². The van der Waals surface area contributed by atoms with E-state index >= 15 is 0 Å². The third-order valence-corrected chi connectivity index (χ3v) is 7.33. The van der Waals surface area contributed by atoms with Crippen LogP contribution in [0.25, 0.3) is 33.5 Å². The lowest BCUT2D eigenvalue weighted by atomic mass is 10.1. The fourth-order valence-electron chi connectivity index (χ4n) is 5.50. The minimum Gasteiger partial charge on any atom is -0.377 e. The number of hydrogen-bond donors (Lipinski definition) is 2. The van der Waals surface area contributed by atoms with Gasteiger partial charge in [0.05, 0.1) is 48.4 Å². The SMILES string of the molecule is Cc1nn(C2CCNCC2)c(C)c1-c1cc(N2CCOC[C@H]2C)nc(-c2cncc3[nH]ccc23)n1. The van der Waals surface area contributed by atoms with Gasteiger partial charge < -0.3 is 19.9 Å². The van der Waals surface area contributed by atoms with Crippen molar-refractivity contribution in [2.45, 2.75) is 45.7 Å². The summed E-state index contributed by atoms with van der Waals surface area (Å²) in [4.78, 5) is 20.2. The van der Waals surface area contributed by atoms with Crippen LogP contribution in [0.2, 0.25) is 0 Å². The predicted molar refractivity (Wildman–Crippen MR) is 137 cm³/mol. The Hall–Kier alpha value is -3.30. The lowest BCUT2D eigenvalue weighted by Crippen LogP contribution is -2.44. The molecule has 0 spiro atoms. The number of fused-ring (bicyclic) bond motifs is 1. The van der Waals surface area contributed by atoms with Crippen molar-refractivity contribution in [3.05, 3.63) is 42.1 Å². The van der Waals surface area contributed by atoms with Crippen LogP contribution in [0.5, 0.6) is 0 Å². The van der Waals surface area contributed by atoms with Crippen molar-refractivity contribution < 1.29 is 4.74 Å². The van der Waals surface area contributed by atoms with Gasteiger partial charge in [0.15, 0.2) is 5.82 Å². The van der Waals surface area contributed by atoms with Crippen molar-refractivity contribution >= 4 is 16.7 Å². The van der Waals surface area contributed by atoms with Crippen molar-refractivity contribution in [3.8, 4) is 22.6 Å². The molecule has 182 valence electrons. The molecule has 0 unspecified atom stereocenters. The second kappa shape index (κ2) is 9.05. The van der Waals surface area contributed by atoms with Gasteiger partial charge in [-0.25, -0.2) is 9.97 Å².